The van der Waals surface area contributed by atoms with Crippen molar-refractivity contribution in [1.82, 2.24) is 10.3 Å². The van der Waals surface area contributed by atoms with Gasteiger partial charge in [0.15, 0.2) is 0 Å². The lowest BCUT2D eigenvalue weighted by Crippen LogP contribution is -2.30. The number of pyridine rings is 1. The zero-order chi connectivity index (χ0) is 13.8. The molecule has 0 aliphatic heterocycles. The lowest BCUT2D eigenvalue weighted by atomic mass is 10.2. The number of rotatable bonds is 5. The van der Waals surface area contributed by atoms with Crippen molar-refractivity contribution in [2.45, 2.75) is 58.2 Å². The Bertz CT molecular complexity index is 414. The average molecular weight is 282 g/mol. The van der Waals surface area contributed by atoms with Crippen LogP contribution in [0.2, 0.25) is 5.02 Å². The normalized spacial score (nSPS) is 16.3. The molecule has 1 aromatic heterocycles. The molecule has 0 unspecified atom stereocenters. The molecule has 0 spiro atoms. The minimum Gasteiger partial charge on any atom is -0.357 e. The predicted octanol–water partition coefficient (Wildman–Crippen LogP) is 3.61. The summed E-state index contributed by atoms with van der Waals surface area (Å²) in [6.07, 6.45) is 7.01. The van der Waals surface area contributed by atoms with E-state index < -0.39 is 0 Å². The van der Waals surface area contributed by atoms with Gasteiger partial charge in [0.2, 0.25) is 0 Å². The second-order valence-corrected chi connectivity index (χ2v) is 6.13. The Morgan fingerprint density at radius 2 is 2.11 bits per heavy atom. The van der Waals surface area contributed by atoms with Gasteiger partial charge in [-0.25, -0.2) is 4.98 Å². The number of nitrogens with zero attached hydrogens (tertiary/aromatic N) is 2. The van der Waals surface area contributed by atoms with E-state index in [-0.39, 0.29) is 0 Å². The van der Waals surface area contributed by atoms with Gasteiger partial charge in [-0.3, -0.25) is 0 Å². The van der Waals surface area contributed by atoms with Gasteiger partial charge in [-0.2, -0.15) is 0 Å². The van der Waals surface area contributed by atoms with Gasteiger partial charge in [0, 0.05) is 31.9 Å². The highest BCUT2D eigenvalue weighted by Crippen LogP contribution is 2.27. The summed E-state index contributed by atoms with van der Waals surface area (Å²) in [4.78, 5) is 6.78. The molecular weight excluding hydrogens is 258 g/mol. The summed E-state index contributed by atoms with van der Waals surface area (Å²) in [5.41, 5.74) is 1.13. The molecule has 1 aliphatic rings. The quantitative estimate of drug-likeness (QED) is 0.894. The highest BCUT2D eigenvalue weighted by Gasteiger charge is 2.21. The van der Waals surface area contributed by atoms with Crippen LogP contribution in [-0.4, -0.2) is 24.1 Å². The molecule has 0 atom stereocenters. The van der Waals surface area contributed by atoms with Gasteiger partial charge in [-0.05, 0) is 24.5 Å². The first-order chi connectivity index (χ1) is 9.08. The average Bonchev–Trinajstić information content (AvgIpc) is 2.90. The van der Waals surface area contributed by atoms with Crippen LogP contribution in [0, 0.1) is 0 Å². The maximum atomic E-state index is 6.22. The summed E-state index contributed by atoms with van der Waals surface area (Å²) in [6.45, 7) is 5.08. The van der Waals surface area contributed by atoms with Crippen LogP contribution < -0.4 is 10.2 Å². The molecule has 0 saturated heterocycles. The van der Waals surface area contributed by atoms with Crippen LogP contribution in [0.3, 0.4) is 0 Å². The lowest BCUT2D eigenvalue weighted by molar-refractivity contribution is 0.588. The Kier molecular flexibility index (Phi) is 5.06. The molecule has 0 aromatic carbocycles. The fourth-order valence-corrected chi connectivity index (χ4v) is 2.76. The molecule has 4 heteroatoms. The molecule has 19 heavy (non-hydrogen) atoms. The third kappa shape index (κ3) is 3.83. The van der Waals surface area contributed by atoms with E-state index in [0.29, 0.717) is 12.1 Å². The summed E-state index contributed by atoms with van der Waals surface area (Å²) in [5, 5.41) is 4.15. The molecule has 1 fully saturated rings. The van der Waals surface area contributed by atoms with E-state index in [0.717, 1.165) is 22.9 Å². The Balaban J connectivity index is 2.10. The Morgan fingerprint density at radius 3 is 2.74 bits per heavy atom. The highest BCUT2D eigenvalue weighted by atomic mass is 35.5. The van der Waals surface area contributed by atoms with Crippen LogP contribution in [-0.2, 0) is 6.54 Å². The monoisotopic (exact) mass is 281 g/mol. The maximum absolute atomic E-state index is 6.22. The molecule has 1 N–H and O–H groups in total. The SMILES string of the molecule is CC(C)NCc1cc(N(C)C2CCCC2)ncc1Cl. The summed E-state index contributed by atoms with van der Waals surface area (Å²) >= 11 is 6.22. The van der Waals surface area contributed by atoms with E-state index in [9.17, 15) is 0 Å². The van der Waals surface area contributed by atoms with Gasteiger partial charge in [0.1, 0.15) is 5.82 Å². The lowest BCUT2D eigenvalue weighted by Gasteiger charge is -2.26. The van der Waals surface area contributed by atoms with Gasteiger partial charge in [-0.1, -0.05) is 38.3 Å². The van der Waals surface area contributed by atoms with E-state index in [2.05, 4.69) is 42.2 Å². The van der Waals surface area contributed by atoms with E-state index in [1.165, 1.54) is 25.7 Å². The van der Waals surface area contributed by atoms with Gasteiger partial charge in [-0.15, -0.1) is 0 Å². The van der Waals surface area contributed by atoms with Crippen LogP contribution in [0.1, 0.15) is 45.1 Å². The van der Waals surface area contributed by atoms with Gasteiger partial charge < -0.3 is 10.2 Å². The van der Waals surface area contributed by atoms with E-state index in [1.54, 1.807) is 6.20 Å². The fourth-order valence-electron chi connectivity index (χ4n) is 2.59. The van der Waals surface area contributed by atoms with Crippen molar-refractivity contribution >= 4 is 17.4 Å². The summed E-state index contributed by atoms with van der Waals surface area (Å²) < 4.78 is 0. The third-order valence-electron chi connectivity index (χ3n) is 3.85. The second-order valence-electron chi connectivity index (χ2n) is 5.72. The number of hydrogen-bond donors (Lipinski definition) is 1. The highest BCUT2D eigenvalue weighted by molar-refractivity contribution is 6.31. The zero-order valence-corrected chi connectivity index (χ0v) is 12.9. The van der Waals surface area contributed by atoms with Gasteiger partial charge >= 0.3 is 0 Å². The third-order valence-corrected chi connectivity index (χ3v) is 4.20. The van der Waals surface area contributed by atoms with Crippen LogP contribution in [0.25, 0.3) is 0 Å². The van der Waals surface area contributed by atoms with E-state index in [1.807, 2.05) is 0 Å². The van der Waals surface area contributed by atoms with Gasteiger partial charge in [0.05, 0.1) is 5.02 Å². The van der Waals surface area contributed by atoms with Crippen LogP contribution in [0.15, 0.2) is 12.3 Å². The standard InChI is InChI=1S/C15H24ClN3/c1-11(2)17-9-12-8-15(18-10-14(12)16)19(3)13-6-4-5-7-13/h8,10-11,13,17H,4-7,9H2,1-3H3. The Hall–Kier alpha value is -0.800. The summed E-state index contributed by atoms with van der Waals surface area (Å²) in [5.74, 6) is 1.04. The Labute approximate surface area is 121 Å². The summed E-state index contributed by atoms with van der Waals surface area (Å²) in [7, 11) is 2.14. The first-order valence-corrected chi connectivity index (χ1v) is 7.56. The minimum absolute atomic E-state index is 0.459. The van der Waals surface area contributed by atoms with Crippen molar-refractivity contribution in [2.24, 2.45) is 0 Å². The molecule has 1 heterocycles. The number of nitrogens with one attached hydrogen (secondary N) is 1. The number of hydrogen-bond acceptors (Lipinski definition) is 3. The maximum Gasteiger partial charge on any atom is 0.128 e. The molecule has 0 radical (unpaired) electrons. The van der Waals surface area contributed by atoms with Crippen molar-refractivity contribution in [3.63, 3.8) is 0 Å². The van der Waals surface area contributed by atoms with Crippen molar-refractivity contribution in [1.29, 1.82) is 0 Å². The Morgan fingerprint density at radius 1 is 1.42 bits per heavy atom. The van der Waals surface area contributed by atoms with Gasteiger partial charge in [0.25, 0.3) is 0 Å². The number of halogens is 1. The van der Waals surface area contributed by atoms with Crippen LogP contribution in [0.5, 0.6) is 0 Å². The fraction of sp³-hybridized carbons (Fsp3) is 0.667. The molecule has 106 valence electrons. The molecule has 1 saturated carbocycles. The molecule has 1 aliphatic carbocycles. The molecular formula is C15H24ClN3. The molecule has 0 amide bonds. The topological polar surface area (TPSA) is 28.2 Å². The number of anilines is 1. The second kappa shape index (κ2) is 6.58. The number of aromatic nitrogens is 1. The van der Waals surface area contributed by atoms with E-state index >= 15 is 0 Å². The van der Waals surface area contributed by atoms with Crippen molar-refractivity contribution in [3.05, 3.63) is 22.8 Å². The first-order valence-electron chi connectivity index (χ1n) is 7.18. The van der Waals surface area contributed by atoms with Crippen molar-refractivity contribution in [2.75, 3.05) is 11.9 Å². The first kappa shape index (κ1) is 14.6. The van der Waals surface area contributed by atoms with Crippen molar-refractivity contribution in [3.8, 4) is 0 Å². The van der Waals surface area contributed by atoms with Crippen LogP contribution in [0.4, 0.5) is 5.82 Å². The molecule has 2 rings (SSSR count). The zero-order valence-electron chi connectivity index (χ0n) is 12.1. The molecule has 1 aromatic rings. The minimum atomic E-state index is 0.459. The molecule has 0 bridgehead atoms. The van der Waals surface area contributed by atoms with E-state index in [4.69, 9.17) is 11.6 Å². The smallest absolute Gasteiger partial charge is 0.128 e. The predicted molar refractivity (Wildman–Crippen MR) is 81.9 cm³/mol. The molecule has 3 nitrogen and oxygen atoms in total. The van der Waals surface area contributed by atoms with Crippen molar-refractivity contribution < 1.29 is 0 Å². The largest absolute Gasteiger partial charge is 0.357 e. The van der Waals surface area contributed by atoms with Crippen LogP contribution >= 0.6 is 11.6 Å². The summed E-state index contributed by atoms with van der Waals surface area (Å²) in [6, 6.07) is 3.22.